The molecule has 2 aromatic carbocycles. The molecule has 0 nitrogen and oxygen atoms in total. The summed E-state index contributed by atoms with van der Waals surface area (Å²) in [6.07, 6.45) is 7.98. The molecule has 2 heteroatoms. The van der Waals surface area contributed by atoms with Gasteiger partial charge in [0, 0.05) is 10.0 Å². The van der Waals surface area contributed by atoms with Crippen LogP contribution >= 0.6 is 19.5 Å². The molecule has 0 heterocycles. The van der Waals surface area contributed by atoms with Gasteiger partial charge in [0.2, 0.25) is 0 Å². The van der Waals surface area contributed by atoms with Crippen LogP contribution in [0.25, 0.3) is 0 Å². The lowest BCUT2D eigenvalue weighted by molar-refractivity contribution is 0.0520. The molecule has 0 spiro atoms. The normalized spacial score (nSPS) is 37.1. The van der Waals surface area contributed by atoms with E-state index >= 15 is 0 Å². The van der Waals surface area contributed by atoms with Gasteiger partial charge in [-0.1, -0.05) is 60.7 Å². The van der Waals surface area contributed by atoms with Crippen molar-refractivity contribution in [1.29, 1.82) is 0 Å². The zero-order chi connectivity index (χ0) is 16.2. The Labute approximate surface area is 151 Å². The predicted molar refractivity (Wildman–Crippen MR) is 105 cm³/mol. The molecule has 0 aromatic heterocycles. The van der Waals surface area contributed by atoms with Crippen LogP contribution in [0.4, 0.5) is 0 Å². The molecule has 4 saturated carbocycles. The first kappa shape index (κ1) is 15.4. The van der Waals surface area contributed by atoms with Crippen LogP contribution in [-0.2, 0) is 0 Å². The van der Waals surface area contributed by atoms with E-state index in [0.717, 1.165) is 11.8 Å². The number of hydrogen-bond acceptors (Lipinski definition) is 0. The van der Waals surface area contributed by atoms with E-state index in [0.29, 0.717) is 5.16 Å². The average Bonchev–Trinajstić information content (AvgIpc) is 2.54. The molecule has 4 fully saturated rings. The van der Waals surface area contributed by atoms with Gasteiger partial charge in [-0.25, -0.2) is 0 Å². The van der Waals surface area contributed by atoms with Crippen LogP contribution < -0.4 is 10.6 Å². The first-order valence-electron chi connectivity index (χ1n) is 9.25. The van der Waals surface area contributed by atoms with Gasteiger partial charge < -0.3 is 0 Å². The van der Waals surface area contributed by atoms with E-state index in [4.69, 9.17) is 11.6 Å². The summed E-state index contributed by atoms with van der Waals surface area (Å²) in [6.45, 7) is 0. The molecule has 0 saturated heterocycles. The Bertz CT molecular complexity index is 673. The summed E-state index contributed by atoms with van der Waals surface area (Å²) in [6, 6.07) is 22.6. The largest absolute Gasteiger partial charge is 0.119 e. The minimum absolute atomic E-state index is 0.0915. The summed E-state index contributed by atoms with van der Waals surface area (Å²) in [5.74, 6) is 1.72. The fourth-order valence-corrected chi connectivity index (χ4v) is 10.7. The van der Waals surface area contributed by atoms with Gasteiger partial charge in [-0.2, -0.15) is 0 Å². The molecular weight excluding hydrogens is 331 g/mol. The maximum atomic E-state index is 7.15. The Kier molecular flexibility index (Phi) is 3.59. The van der Waals surface area contributed by atoms with Crippen LogP contribution in [0.2, 0.25) is 0 Å². The zero-order valence-corrected chi connectivity index (χ0v) is 15.6. The van der Waals surface area contributed by atoms with Gasteiger partial charge in [-0.05, 0) is 68.9 Å². The van der Waals surface area contributed by atoms with E-state index in [1.54, 1.807) is 10.6 Å². The van der Waals surface area contributed by atoms with Crippen molar-refractivity contribution in [1.82, 2.24) is 0 Å². The number of alkyl halides is 1. The molecule has 0 aliphatic heterocycles. The lowest BCUT2D eigenvalue weighted by Crippen LogP contribution is -2.57. The van der Waals surface area contributed by atoms with E-state index in [-0.39, 0.29) is 12.8 Å². The molecule has 0 amide bonds. The minimum Gasteiger partial charge on any atom is -0.119 e. The fraction of sp³-hybridized carbons (Fsp3) is 0.455. The molecule has 4 bridgehead atoms. The summed E-state index contributed by atoms with van der Waals surface area (Å²) in [4.78, 5) is 0.0915. The van der Waals surface area contributed by atoms with Crippen LogP contribution in [0.15, 0.2) is 60.7 Å². The molecule has 6 rings (SSSR count). The molecule has 2 aromatic rings. The second-order valence-corrected chi connectivity index (χ2v) is 11.8. The Morgan fingerprint density at radius 2 is 1.25 bits per heavy atom. The van der Waals surface area contributed by atoms with Crippen LogP contribution in [0.5, 0.6) is 0 Å². The van der Waals surface area contributed by atoms with Crippen molar-refractivity contribution in [3.8, 4) is 0 Å². The highest BCUT2D eigenvalue weighted by molar-refractivity contribution is 7.74. The first-order valence-corrected chi connectivity index (χ1v) is 11.0. The third-order valence-corrected chi connectivity index (χ3v) is 10.0. The fourth-order valence-electron chi connectivity index (χ4n) is 6.22. The highest BCUT2D eigenvalue weighted by Gasteiger charge is 2.59. The van der Waals surface area contributed by atoms with Crippen molar-refractivity contribution in [2.75, 3.05) is 0 Å². The Morgan fingerprint density at radius 3 is 1.71 bits per heavy atom. The summed E-state index contributed by atoms with van der Waals surface area (Å²) in [5, 5.41) is 3.51. The van der Waals surface area contributed by atoms with Gasteiger partial charge in [-0.3, -0.25) is 0 Å². The van der Waals surface area contributed by atoms with Gasteiger partial charge >= 0.3 is 0 Å². The van der Waals surface area contributed by atoms with E-state index in [1.807, 2.05) is 0 Å². The van der Waals surface area contributed by atoms with Crippen LogP contribution in [0.3, 0.4) is 0 Å². The smallest absolute Gasteiger partial charge is 0.0461 e. The topological polar surface area (TPSA) is 0 Å². The highest BCUT2D eigenvalue weighted by atomic mass is 35.5. The summed E-state index contributed by atoms with van der Waals surface area (Å²) in [5.41, 5.74) is 0. The van der Waals surface area contributed by atoms with Crippen molar-refractivity contribution >= 4 is 30.1 Å². The van der Waals surface area contributed by atoms with E-state index in [1.165, 1.54) is 38.5 Å². The molecule has 24 heavy (non-hydrogen) atoms. The molecule has 0 N–H and O–H groups in total. The second-order valence-electron chi connectivity index (χ2n) is 8.34. The standard InChI is InChI=1S/C22H24ClP/c23-21-12-17-11-18(13-21)15-22(14-17,16-21)24(19-7-3-1-4-8-19)20-9-5-2-6-10-20/h1-10,17-18H,11-16H2. The van der Waals surface area contributed by atoms with E-state index < -0.39 is 0 Å². The number of hydrogen-bond donors (Lipinski definition) is 0. The van der Waals surface area contributed by atoms with Crippen molar-refractivity contribution in [3.05, 3.63) is 60.7 Å². The number of rotatable bonds is 3. The maximum Gasteiger partial charge on any atom is 0.0461 e. The van der Waals surface area contributed by atoms with Gasteiger partial charge in [0.25, 0.3) is 0 Å². The SMILES string of the molecule is ClC12CC3CC(C1)CC(P(c1ccccc1)c1ccccc1)(C3)C2. The maximum absolute atomic E-state index is 7.15. The number of halogens is 1. The molecule has 4 aliphatic rings. The lowest BCUT2D eigenvalue weighted by Gasteiger charge is -2.62. The molecule has 124 valence electrons. The molecule has 4 aliphatic carbocycles. The summed E-state index contributed by atoms with van der Waals surface area (Å²) >= 11 is 7.15. The van der Waals surface area contributed by atoms with Gasteiger partial charge in [0.15, 0.2) is 0 Å². The Hall–Kier alpha value is -0.840. The van der Waals surface area contributed by atoms with Gasteiger partial charge in [0.1, 0.15) is 0 Å². The third kappa shape index (κ3) is 2.46. The molecular formula is C22H24ClP. The second kappa shape index (κ2) is 5.58. The van der Waals surface area contributed by atoms with Crippen molar-refractivity contribution in [2.24, 2.45) is 11.8 Å². The predicted octanol–water partition coefficient (Wildman–Crippen LogP) is 5.45. The highest BCUT2D eigenvalue weighted by Crippen LogP contribution is 2.70. The van der Waals surface area contributed by atoms with E-state index in [9.17, 15) is 0 Å². The lowest BCUT2D eigenvalue weighted by atomic mass is 9.55. The number of benzene rings is 2. The summed E-state index contributed by atoms with van der Waals surface area (Å²) in [7, 11) is -0.341. The molecule has 0 radical (unpaired) electrons. The summed E-state index contributed by atoms with van der Waals surface area (Å²) < 4.78 is 0. The molecule has 2 unspecified atom stereocenters. The third-order valence-electron chi connectivity index (χ3n) is 6.46. The monoisotopic (exact) mass is 354 g/mol. The minimum atomic E-state index is -0.341. The van der Waals surface area contributed by atoms with Gasteiger partial charge in [0.05, 0.1) is 0 Å². The van der Waals surface area contributed by atoms with Crippen LogP contribution in [-0.4, -0.2) is 10.0 Å². The first-order chi connectivity index (χ1) is 11.7. The van der Waals surface area contributed by atoms with E-state index in [2.05, 4.69) is 60.7 Å². The Balaban J connectivity index is 1.65. The zero-order valence-electron chi connectivity index (χ0n) is 14.0. The van der Waals surface area contributed by atoms with Crippen LogP contribution in [0, 0.1) is 11.8 Å². The molecule has 2 atom stereocenters. The van der Waals surface area contributed by atoms with Crippen molar-refractivity contribution in [2.45, 2.75) is 48.6 Å². The Morgan fingerprint density at radius 1 is 0.750 bits per heavy atom. The van der Waals surface area contributed by atoms with Crippen LogP contribution in [0.1, 0.15) is 38.5 Å². The van der Waals surface area contributed by atoms with Crippen molar-refractivity contribution in [3.63, 3.8) is 0 Å². The van der Waals surface area contributed by atoms with Gasteiger partial charge in [-0.15, -0.1) is 11.6 Å². The van der Waals surface area contributed by atoms with Crippen molar-refractivity contribution < 1.29 is 0 Å². The quantitative estimate of drug-likeness (QED) is 0.508. The average molecular weight is 355 g/mol.